The van der Waals surface area contributed by atoms with Crippen LogP contribution >= 0.6 is 0 Å². The van der Waals surface area contributed by atoms with Crippen LogP contribution in [-0.2, 0) is 13.0 Å². The zero-order valence-corrected chi connectivity index (χ0v) is 11.9. The first kappa shape index (κ1) is 12.8. The van der Waals surface area contributed by atoms with Crippen molar-refractivity contribution in [1.82, 2.24) is 9.55 Å². The van der Waals surface area contributed by atoms with E-state index in [2.05, 4.69) is 11.1 Å². The third kappa shape index (κ3) is 1.83. The van der Waals surface area contributed by atoms with Crippen molar-refractivity contribution in [2.45, 2.75) is 19.4 Å². The van der Waals surface area contributed by atoms with Gasteiger partial charge in [-0.05, 0) is 31.0 Å². The monoisotopic (exact) mass is 287 g/mol. The first-order chi connectivity index (χ1) is 10.8. The summed E-state index contributed by atoms with van der Waals surface area (Å²) in [6, 6.07) is 13.7. The molecule has 0 aliphatic carbocycles. The second kappa shape index (κ2) is 4.81. The fourth-order valence-electron chi connectivity index (χ4n) is 3.14. The second-order valence-electron chi connectivity index (χ2n) is 5.51. The number of nitriles is 1. The molecule has 2 aromatic heterocycles. The van der Waals surface area contributed by atoms with Crippen molar-refractivity contribution in [3.8, 4) is 17.2 Å². The van der Waals surface area contributed by atoms with E-state index in [0.717, 1.165) is 35.0 Å². The molecular formula is C18H13N3O. The van der Waals surface area contributed by atoms with Gasteiger partial charge in [-0.25, -0.2) is 0 Å². The van der Waals surface area contributed by atoms with Crippen molar-refractivity contribution < 1.29 is 0 Å². The Bertz CT molecular complexity index is 995. The van der Waals surface area contributed by atoms with E-state index in [4.69, 9.17) is 0 Å². The van der Waals surface area contributed by atoms with Crippen LogP contribution in [0.4, 0.5) is 0 Å². The Morgan fingerprint density at radius 1 is 1.23 bits per heavy atom. The van der Waals surface area contributed by atoms with Crippen LogP contribution in [0, 0.1) is 11.3 Å². The van der Waals surface area contributed by atoms with Crippen LogP contribution in [0.5, 0.6) is 0 Å². The highest BCUT2D eigenvalue weighted by molar-refractivity contribution is 5.83. The Morgan fingerprint density at radius 3 is 2.95 bits per heavy atom. The molecule has 4 heteroatoms. The van der Waals surface area contributed by atoms with E-state index in [1.807, 2.05) is 30.3 Å². The van der Waals surface area contributed by atoms with Crippen molar-refractivity contribution >= 4 is 10.9 Å². The number of nitrogens with zero attached hydrogens (tertiary/aromatic N) is 3. The fourth-order valence-corrected chi connectivity index (χ4v) is 3.14. The second-order valence-corrected chi connectivity index (χ2v) is 5.51. The number of pyridine rings is 2. The molecule has 106 valence electrons. The van der Waals surface area contributed by atoms with Crippen molar-refractivity contribution in [3.05, 3.63) is 64.2 Å². The molecule has 0 saturated heterocycles. The smallest absolute Gasteiger partial charge is 0.258 e. The van der Waals surface area contributed by atoms with E-state index >= 15 is 0 Å². The molecule has 0 radical (unpaired) electrons. The number of aromatic nitrogens is 2. The van der Waals surface area contributed by atoms with Crippen LogP contribution in [-0.4, -0.2) is 9.55 Å². The fraction of sp³-hybridized carbons (Fsp3) is 0.167. The molecule has 4 nitrogen and oxygen atoms in total. The van der Waals surface area contributed by atoms with Gasteiger partial charge >= 0.3 is 0 Å². The lowest BCUT2D eigenvalue weighted by Crippen LogP contribution is -2.22. The maximum Gasteiger partial charge on any atom is 0.258 e. The van der Waals surface area contributed by atoms with Crippen LogP contribution in [0.25, 0.3) is 22.0 Å². The summed E-state index contributed by atoms with van der Waals surface area (Å²) in [6.07, 6.45) is 3.43. The number of para-hydroxylation sites is 1. The van der Waals surface area contributed by atoms with Gasteiger partial charge < -0.3 is 4.57 Å². The van der Waals surface area contributed by atoms with Crippen LogP contribution < -0.4 is 5.56 Å². The largest absolute Gasteiger partial charge is 0.311 e. The van der Waals surface area contributed by atoms with Crippen molar-refractivity contribution in [3.63, 3.8) is 0 Å². The van der Waals surface area contributed by atoms with Gasteiger partial charge in [-0.3, -0.25) is 9.78 Å². The third-order valence-electron chi connectivity index (χ3n) is 4.22. The van der Waals surface area contributed by atoms with E-state index in [-0.39, 0.29) is 5.56 Å². The summed E-state index contributed by atoms with van der Waals surface area (Å²) in [4.78, 5) is 17.1. The third-order valence-corrected chi connectivity index (χ3v) is 4.22. The minimum absolute atomic E-state index is 0.0245. The highest BCUT2D eigenvalue weighted by Crippen LogP contribution is 2.24. The lowest BCUT2D eigenvalue weighted by molar-refractivity contribution is 0.722. The van der Waals surface area contributed by atoms with Gasteiger partial charge in [-0.2, -0.15) is 5.26 Å². The summed E-state index contributed by atoms with van der Waals surface area (Å²) in [7, 11) is 0. The van der Waals surface area contributed by atoms with Crippen LogP contribution in [0.15, 0.2) is 47.4 Å². The summed E-state index contributed by atoms with van der Waals surface area (Å²) < 4.78 is 1.74. The molecule has 1 aliphatic heterocycles. The van der Waals surface area contributed by atoms with E-state index in [1.165, 1.54) is 0 Å². The first-order valence-corrected chi connectivity index (χ1v) is 7.30. The van der Waals surface area contributed by atoms with Gasteiger partial charge in [-0.1, -0.05) is 18.2 Å². The van der Waals surface area contributed by atoms with Crippen molar-refractivity contribution in [2.24, 2.45) is 0 Å². The van der Waals surface area contributed by atoms with E-state index in [0.29, 0.717) is 17.7 Å². The van der Waals surface area contributed by atoms with Crippen molar-refractivity contribution in [1.29, 1.82) is 5.26 Å². The Labute approximate surface area is 127 Å². The molecule has 1 aliphatic rings. The molecule has 3 heterocycles. The molecule has 1 aromatic carbocycles. The van der Waals surface area contributed by atoms with Crippen molar-refractivity contribution in [2.75, 3.05) is 0 Å². The zero-order chi connectivity index (χ0) is 15.1. The summed E-state index contributed by atoms with van der Waals surface area (Å²) in [5.41, 5.74) is 3.66. The van der Waals surface area contributed by atoms with Gasteiger partial charge in [-0.15, -0.1) is 0 Å². The molecule has 0 bridgehead atoms. The van der Waals surface area contributed by atoms with Crippen LogP contribution in [0.2, 0.25) is 0 Å². The topological polar surface area (TPSA) is 58.7 Å². The molecule has 22 heavy (non-hydrogen) atoms. The molecule has 0 atom stereocenters. The average Bonchev–Trinajstić information content (AvgIpc) is 3.05. The van der Waals surface area contributed by atoms with Gasteiger partial charge in [0.2, 0.25) is 0 Å². The molecule has 0 saturated carbocycles. The molecular weight excluding hydrogens is 274 g/mol. The average molecular weight is 287 g/mol. The lowest BCUT2D eigenvalue weighted by atomic mass is 10.0. The number of fused-ring (bicyclic) bond motifs is 2. The van der Waals surface area contributed by atoms with Gasteiger partial charge in [0.15, 0.2) is 0 Å². The summed E-state index contributed by atoms with van der Waals surface area (Å²) >= 11 is 0. The Balaban J connectivity index is 1.99. The SMILES string of the molecule is N#Cc1cc(-c2cnc3ccccc3c2)c(=O)n2c1CCC2. The van der Waals surface area contributed by atoms with Gasteiger partial charge in [0.1, 0.15) is 6.07 Å². The normalized spacial score (nSPS) is 13.0. The molecule has 0 unspecified atom stereocenters. The predicted octanol–water partition coefficient (Wildman–Crippen LogP) is 2.88. The summed E-state index contributed by atoms with van der Waals surface area (Å²) in [6.45, 7) is 0.692. The number of rotatable bonds is 1. The van der Waals surface area contributed by atoms with Gasteiger partial charge in [0.05, 0.1) is 16.6 Å². The highest BCUT2D eigenvalue weighted by Gasteiger charge is 2.20. The molecule has 4 rings (SSSR count). The molecule has 0 spiro atoms. The minimum Gasteiger partial charge on any atom is -0.311 e. The Kier molecular flexibility index (Phi) is 2.80. The standard InChI is InChI=1S/C18H13N3O/c19-10-13-9-15(18(22)21-7-3-6-17(13)21)14-8-12-4-1-2-5-16(12)20-11-14/h1-2,4-5,8-9,11H,3,6-7H2. The van der Waals surface area contributed by atoms with E-state index in [9.17, 15) is 10.1 Å². The zero-order valence-electron chi connectivity index (χ0n) is 11.9. The Morgan fingerprint density at radius 2 is 2.09 bits per heavy atom. The molecule has 3 aromatic rings. The molecule has 0 N–H and O–H groups in total. The summed E-state index contributed by atoms with van der Waals surface area (Å²) in [5.74, 6) is 0. The van der Waals surface area contributed by atoms with Crippen LogP contribution in [0.3, 0.4) is 0 Å². The number of hydrogen-bond acceptors (Lipinski definition) is 3. The maximum absolute atomic E-state index is 12.7. The highest BCUT2D eigenvalue weighted by atomic mass is 16.1. The number of hydrogen-bond donors (Lipinski definition) is 0. The van der Waals surface area contributed by atoms with E-state index in [1.54, 1.807) is 16.8 Å². The number of benzene rings is 1. The van der Waals surface area contributed by atoms with Gasteiger partial charge in [0.25, 0.3) is 5.56 Å². The lowest BCUT2D eigenvalue weighted by Gasteiger charge is -2.09. The molecule has 0 amide bonds. The van der Waals surface area contributed by atoms with E-state index < -0.39 is 0 Å². The summed E-state index contributed by atoms with van der Waals surface area (Å²) in [5, 5.41) is 10.3. The molecule has 0 fully saturated rings. The minimum atomic E-state index is -0.0245. The Hall–Kier alpha value is -2.93. The first-order valence-electron chi connectivity index (χ1n) is 7.30. The van der Waals surface area contributed by atoms with Gasteiger partial charge in [0, 0.05) is 29.4 Å². The quantitative estimate of drug-likeness (QED) is 0.691. The predicted molar refractivity (Wildman–Crippen MR) is 84.5 cm³/mol. The van der Waals surface area contributed by atoms with Crippen LogP contribution in [0.1, 0.15) is 17.7 Å². The maximum atomic E-state index is 12.7.